The van der Waals surface area contributed by atoms with E-state index in [0.717, 1.165) is 16.6 Å². The van der Waals surface area contributed by atoms with Crippen LogP contribution < -0.4 is 5.32 Å². The molecule has 1 N–H and O–H groups in total. The Hall–Kier alpha value is -3.19. The van der Waals surface area contributed by atoms with Crippen LogP contribution in [0.15, 0.2) is 53.2 Å². The first-order valence-electron chi connectivity index (χ1n) is 7.92. The zero-order valence-electron chi connectivity index (χ0n) is 13.8. The maximum atomic E-state index is 11.4. The molecule has 0 aliphatic carbocycles. The number of imidazole rings is 1. The van der Waals surface area contributed by atoms with E-state index in [1.165, 1.54) is 6.92 Å². The van der Waals surface area contributed by atoms with E-state index < -0.39 is 0 Å². The second-order valence-electron chi connectivity index (χ2n) is 5.74. The molecule has 0 bridgehead atoms. The van der Waals surface area contributed by atoms with Crippen molar-refractivity contribution in [3.8, 4) is 11.5 Å². The predicted octanol–water partition coefficient (Wildman–Crippen LogP) is 3.75. The van der Waals surface area contributed by atoms with Crippen molar-refractivity contribution in [1.82, 2.24) is 19.9 Å². The minimum atomic E-state index is -0.268. The molecule has 0 unspecified atom stereocenters. The van der Waals surface area contributed by atoms with Crippen LogP contribution in [-0.2, 0) is 11.3 Å². The summed E-state index contributed by atoms with van der Waals surface area (Å²) in [5.41, 5.74) is 3.02. The molecular formula is C18H14ClN5O2. The molecule has 1 amide bonds. The summed E-state index contributed by atoms with van der Waals surface area (Å²) in [6, 6.07) is 15.3. The molecule has 0 atom stereocenters. The van der Waals surface area contributed by atoms with Crippen molar-refractivity contribution in [3.05, 3.63) is 59.1 Å². The lowest BCUT2D eigenvalue weighted by atomic mass is 10.2. The number of rotatable bonds is 4. The molecule has 26 heavy (non-hydrogen) atoms. The summed E-state index contributed by atoms with van der Waals surface area (Å²) in [4.78, 5) is 16.1. The second kappa shape index (κ2) is 6.61. The van der Waals surface area contributed by atoms with Crippen LogP contribution in [0.5, 0.6) is 0 Å². The Labute approximate surface area is 153 Å². The van der Waals surface area contributed by atoms with Gasteiger partial charge in [0, 0.05) is 11.9 Å². The molecule has 4 aromatic rings. The van der Waals surface area contributed by atoms with Gasteiger partial charge in [-0.2, -0.15) is 0 Å². The van der Waals surface area contributed by atoms with E-state index in [-0.39, 0.29) is 11.7 Å². The van der Waals surface area contributed by atoms with Crippen molar-refractivity contribution in [2.75, 3.05) is 5.32 Å². The van der Waals surface area contributed by atoms with E-state index in [1.54, 1.807) is 0 Å². The third kappa shape index (κ3) is 2.93. The van der Waals surface area contributed by atoms with Crippen LogP contribution >= 0.6 is 11.6 Å². The Morgan fingerprint density at radius 3 is 2.73 bits per heavy atom. The van der Waals surface area contributed by atoms with Gasteiger partial charge < -0.3 is 9.88 Å². The Kier molecular flexibility index (Phi) is 4.14. The number of nitrogens with zero attached hydrogens (tertiary/aromatic N) is 4. The zero-order valence-corrected chi connectivity index (χ0v) is 14.6. The van der Waals surface area contributed by atoms with Crippen molar-refractivity contribution < 1.29 is 9.42 Å². The average molecular weight is 368 g/mol. The van der Waals surface area contributed by atoms with E-state index in [1.807, 2.05) is 53.1 Å². The summed E-state index contributed by atoms with van der Waals surface area (Å²) in [6.45, 7) is 1.88. The van der Waals surface area contributed by atoms with Crippen LogP contribution in [0.3, 0.4) is 0 Å². The number of hydrogen-bond donors (Lipinski definition) is 1. The number of amides is 1. The molecule has 2 aromatic carbocycles. The number of fused-ring (bicyclic) bond motifs is 1. The molecule has 8 heteroatoms. The number of carbonyl (C=O) groups excluding carboxylic acids is 1. The van der Waals surface area contributed by atoms with Crippen molar-refractivity contribution in [1.29, 1.82) is 0 Å². The number of anilines is 1. The summed E-state index contributed by atoms with van der Waals surface area (Å²) in [7, 11) is 0. The van der Waals surface area contributed by atoms with Crippen LogP contribution in [0.4, 0.5) is 5.82 Å². The molecule has 4 rings (SSSR count). The van der Waals surface area contributed by atoms with E-state index in [4.69, 9.17) is 16.2 Å². The normalized spacial score (nSPS) is 11.0. The molecular weight excluding hydrogens is 354 g/mol. The van der Waals surface area contributed by atoms with E-state index in [9.17, 15) is 4.79 Å². The minimum Gasteiger partial charge on any atom is -0.318 e. The molecule has 2 aromatic heterocycles. The first-order valence-corrected chi connectivity index (χ1v) is 8.30. The number of carbonyl (C=O) groups is 1. The van der Waals surface area contributed by atoms with Crippen LogP contribution in [0.2, 0.25) is 5.02 Å². The van der Waals surface area contributed by atoms with Gasteiger partial charge in [0.2, 0.25) is 11.7 Å². The predicted molar refractivity (Wildman–Crippen MR) is 97.9 cm³/mol. The highest BCUT2D eigenvalue weighted by Gasteiger charge is 2.21. The van der Waals surface area contributed by atoms with Gasteiger partial charge in [-0.15, -0.1) is 0 Å². The third-order valence-electron chi connectivity index (χ3n) is 3.94. The second-order valence-corrected chi connectivity index (χ2v) is 6.15. The largest absolute Gasteiger partial charge is 0.318 e. The standard InChI is InChI=1S/C18H14ClN5O2/c1-11(25)20-17-16(22-26-23-17)18-21-14-8-4-5-9-15(14)24(18)10-12-6-2-3-7-13(12)19/h2-9H,10H2,1H3,(H,20,23,25). The lowest BCUT2D eigenvalue weighted by molar-refractivity contribution is -0.114. The number of halogens is 1. The van der Waals surface area contributed by atoms with Crippen molar-refractivity contribution in [2.45, 2.75) is 13.5 Å². The van der Waals surface area contributed by atoms with Crippen molar-refractivity contribution >= 4 is 34.4 Å². The van der Waals surface area contributed by atoms with E-state index in [2.05, 4.69) is 20.6 Å². The molecule has 0 aliphatic rings. The highest BCUT2D eigenvalue weighted by molar-refractivity contribution is 6.31. The first kappa shape index (κ1) is 16.3. The molecule has 0 spiro atoms. The maximum Gasteiger partial charge on any atom is 0.222 e. The third-order valence-corrected chi connectivity index (χ3v) is 4.30. The first-order chi connectivity index (χ1) is 12.6. The minimum absolute atomic E-state index is 0.230. The van der Waals surface area contributed by atoms with Gasteiger partial charge in [-0.05, 0) is 34.1 Å². The SMILES string of the molecule is CC(=O)Nc1nonc1-c1nc2ccccc2n1Cc1ccccc1Cl. The van der Waals surface area contributed by atoms with Gasteiger partial charge in [0.1, 0.15) is 0 Å². The maximum absolute atomic E-state index is 11.4. The average Bonchev–Trinajstić information content (AvgIpc) is 3.21. The summed E-state index contributed by atoms with van der Waals surface area (Å²) in [5.74, 6) is 0.500. The van der Waals surface area contributed by atoms with Crippen molar-refractivity contribution in [2.24, 2.45) is 0 Å². The topological polar surface area (TPSA) is 85.8 Å². The molecule has 7 nitrogen and oxygen atoms in total. The molecule has 0 saturated carbocycles. The van der Waals surface area contributed by atoms with Gasteiger partial charge in [0.05, 0.1) is 17.6 Å². The van der Waals surface area contributed by atoms with Gasteiger partial charge in [-0.25, -0.2) is 9.61 Å². The molecule has 0 saturated heterocycles. The van der Waals surface area contributed by atoms with Crippen LogP contribution in [0.25, 0.3) is 22.6 Å². The number of nitrogens with one attached hydrogen (secondary N) is 1. The number of benzene rings is 2. The number of hydrogen-bond acceptors (Lipinski definition) is 5. The fourth-order valence-corrected chi connectivity index (χ4v) is 2.99. The van der Waals surface area contributed by atoms with Crippen LogP contribution in [-0.4, -0.2) is 25.8 Å². The Balaban J connectivity index is 1.89. The lowest BCUT2D eigenvalue weighted by Crippen LogP contribution is -2.09. The summed E-state index contributed by atoms with van der Waals surface area (Å²) >= 11 is 6.33. The Morgan fingerprint density at radius 1 is 1.15 bits per heavy atom. The van der Waals surface area contributed by atoms with Crippen LogP contribution in [0.1, 0.15) is 12.5 Å². The molecule has 0 fully saturated rings. The Bertz CT molecular complexity index is 1100. The molecule has 130 valence electrons. The van der Waals surface area contributed by atoms with Gasteiger partial charge in [-0.3, -0.25) is 4.79 Å². The smallest absolute Gasteiger partial charge is 0.222 e. The Morgan fingerprint density at radius 2 is 1.92 bits per heavy atom. The fraction of sp³-hybridized carbons (Fsp3) is 0.111. The van der Waals surface area contributed by atoms with E-state index >= 15 is 0 Å². The monoisotopic (exact) mass is 367 g/mol. The molecule has 2 heterocycles. The van der Waals surface area contributed by atoms with Crippen LogP contribution in [0, 0.1) is 0 Å². The lowest BCUT2D eigenvalue weighted by Gasteiger charge is -2.10. The summed E-state index contributed by atoms with van der Waals surface area (Å²) in [6.07, 6.45) is 0. The van der Waals surface area contributed by atoms with Gasteiger partial charge in [0.15, 0.2) is 11.5 Å². The van der Waals surface area contributed by atoms with Crippen molar-refractivity contribution in [3.63, 3.8) is 0 Å². The van der Waals surface area contributed by atoms with Gasteiger partial charge >= 0.3 is 0 Å². The molecule has 0 radical (unpaired) electrons. The van der Waals surface area contributed by atoms with Gasteiger partial charge in [0.25, 0.3) is 0 Å². The highest BCUT2D eigenvalue weighted by atomic mass is 35.5. The quantitative estimate of drug-likeness (QED) is 0.593. The summed E-state index contributed by atoms with van der Waals surface area (Å²) in [5, 5.41) is 11.0. The number of aromatic nitrogens is 4. The number of para-hydroxylation sites is 2. The zero-order chi connectivity index (χ0) is 18.1. The summed E-state index contributed by atoms with van der Waals surface area (Å²) < 4.78 is 6.81. The molecule has 0 aliphatic heterocycles. The van der Waals surface area contributed by atoms with E-state index in [0.29, 0.717) is 23.1 Å². The van der Waals surface area contributed by atoms with Gasteiger partial charge in [-0.1, -0.05) is 41.9 Å². The fourth-order valence-electron chi connectivity index (χ4n) is 2.80. The highest BCUT2D eigenvalue weighted by Crippen LogP contribution is 2.29.